The van der Waals surface area contributed by atoms with Crippen LogP contribution in [0.5, 0.6) is 0 Å². The summed E-state index contributed by atoms with van der Waals surface area (Å²) in [7, 11) is 0. The van der Waals surface area contributed by atoms with Crippen molar-refractivity contribution in [2.45, 2.75) is 25.0 Å². The number of anilines is 1. The van der Waals surface area contributed by atoms with Gasteiger partial charge < -0.3 is 14.6 Å². The van der Waals surface area contributed by atoms with Gasteiger partial charge in [-0.2, -0.15) is 0 Å². The maximum absolute atomic E-state index is 13.1. The van der Waals surface area contributed by atoms with Gasteiger partial charge in [-0.05, 0) is 49.2 Å². The molecule has 1 amide bonds. The van der Waals surface area contributed by atoms with E-state index in [0.717, 1.165) is 18.5 Å². The summed E-state index contributed by atoms with van der Waals surface area (Å²) in [6, 6.07) is 15.4. The van der Waals surface area contributed by atoms with Gasteiger partial charge in [-0.3, -0.25) is 14.9 Å². The van der Waals surface area contributed by atoms with Crippen LogP contribution in [-0.4, -0.2) is 21.8 Å². The zero-order chi connectivity index (χ0) is 20.1. The van der Waals surface area contributed by atoms with E-state index in [9.17, 15) is 14.9 Å². The molecule has 8 heteroatoms. The second-order valence-electron chi connectivity index (χ2n) is 7.16. The topological polar surface area (TPSA) is 88.6 Å². The Bertz CT molecular complexity index is 1140. The first-order valence-electron chi connectivity index (χ1n) is 9.25. The average molecular weight is 410 g/mol. The fraction of sp³-hybridized carbons (Fsp3) is 0.190. The van der Waals surface area contributed by atoms with E-state index in [1.165, 1.54) is 6.07 Å². The van der Waals surface area contributed by atoms with Crippen LogP contribution >= 0.6 is 11.6 Å². The molecule has 2 aliphatic rings. The van der Waals surface area contributed by atoms with Crippen molar-refractivity contribution in [1.29, 1.82) is 0 Å². The highest BCUT2D eigenvalue weighted by molar-refractivity contribution is 6.30. The number of nitro benzene ring substituents is 1. The molecule has 1 aliphatic heterocycles. The molecule has 3 aromatic rings. The van der Waals surface area contributed by atoms with Crippen molar-refractivity contribution in [2.24, 2.45) is 0 Å². The lowest BCUT2D eigenvalue weighted by Crippen LogP contribution is -2.44. The number of para-hydroxylation sites is 1. The Morgan fingerprint density at radius 3 is 2.66 bits per heavy atom. The molecule has 2 heterocycles. The van der Waals surface area contributed by atoms with Crippen LogP contribution in [0.1, 0.15) is 35.1 Å². The maximum Gasteiger partial charge on any atom is 0.281 e. The van der Waals surface area contributed by atoms with Crippen molar-refractivity contribution in [1.82, 2.24) is 4.90 Å². The van der Waals surface area contributed by atoms with Crippen LogP contribution in [-0.2, 0) is 0 Å². The number of hydrogen-bond donors (Lipinski definition) is 1. The third-order valence-electron chi connectivity index (χ3n) is 5.22. The number of nitro groups is 1. The Hall–Kier alpha value is -3.32. The lowest BCUT2D eigenvalue weighted by atomic mass is 10.1. The Balaban J connectivity index is 1.55. The number of carbonyl (C=O) groups is 1. The zero-order valence-corrected chi connectivity index (χ0v) is 15.9. The molecular formula is C21H16ClN3O4. The first-order valence-corrected chi connectivity index (χ1v) is 9.63. The number of carbonyl (C=O) groups excluding carboxylic acids is 1. The molecular weight excluding hydrogens is 394 g/mol. The smallest absolute Gasteiger partial charge is 0.281 e. The largest absolute Gasteiger partial charge is 0.457 e. The van der Waals surface area contributed by atoms with E-state index in [1.807, 2.05) is 18.2 Å². The number of nitrogens with one attached hydrogen (secondary N) is 1. The van der Waals surface area contributed by atoms with Gasteiger partial charge in [0.05, 0.1) is 16.1 Å². The number of hydrogen-bond acceptors (Lipinski definition) is 5. The van der Waals surface area contributed by atoms with Crippen molar-refractivity contribution < 1.29 is 14.1 Å². The van der Waals surface area contributed by atoms with E-state index in [4.69, 9.17) is 16.0 Å². The van der Waals surface area contributed by atoms with E-state index >= 15 is 0 Å². The fourth-order valence-electron chi connectivity index (χ4n) is 3.71. The Kier molecular flexibility index (Phi) is 4.06. The van der Waals surface area contributed by atoms with Gasteiger partial charge >= 0.3 is 0 Å². The molecule has 0 unspecified atom stereocenters. The second kappa shape index (κ2) is 6.63. The van der Waals surface area contributed by atoms with Gasteiger partial charge in [0, 0.05) is 22.8 Å². The molecule has 0 bridgehead atoms. The fourth-order valence-corrected chi connectivity index (χ4v) is 3.88. The van der Waals surface area contributed by atoms with Crippen LogP contribution in [0.3, 0.4) is 0 Å². The Morgan fingerprint density at radius 2 is 1.90 bits per heavy atom. The molecule has 0 spiro atoms. The number of furan rings is 1. The summed E-state index contributed by atoms with van der Waals surface area (Å²) in [6.07, 6.45) is 1.43. The number of rotatable bonds is 4. The molecule has 1 aliphatic carbocycles. The second-order valence-corrected chi connectivity index (χ2v) is 7.59. The van der Waals surface area contributed by atoms with Gasteiger partial charge in [0.25, 0.3) is 11.6 Å². The first-order chi connectivity index (χ1) is 14.0. The van der Waals surface area contributed by atoms with E-state index < -0.39 is 11.1 Å². The van der Waals surface area contributed by atoms with Gasteiger partial charge in [-0.15, -0.1) is 0 Å². The van der Waals surface area contributed by atoms with Gasteiger partial charge in [0.2, 0.25) is 0 Å². The molecule has 2 aromatic carbocycles. The molecule has 1 saturated carbocycles. The van der Waals surface area contributed by atoms with E-state index in [1.54, 1.807) is 35.2 Å². The summed E-state index contributed by atoms with van der Waals surface area (Å²) < 4.78 is 6.01. The summed E-state index contributed by atoms with van der Waals surface area (Å²) in [5.74, 6) is 0.841. The summed E-state index contributed by atoms with van der Waals surface area (Å²) in [5.41, 5.74) is 1.59. The molecule has 1 fully saturated rings. The molecule has 0 saturated heterocycles. The highest BCUT2D eigenvalue weighted by Crippen LogP contribution is 2.42. The number of nitrogens with zero attached hydrogens (tertiary/aromatic N) is 2. The summed E-state index contributed by atoms with van der Waals surface area (Å²) in [4.78, 5) is 25.8. The van der Waals surface area contributed by atoms with Crippen molar-refractivity contribution >= 4 is 28.9 Å². The SMILES string of the molecule is O=C1c2ccccc2N[C@H](c2ccc(-c3ccc(Cl)cc3[N+](=O)[O-])o2)N1C1CC1. The lowest BCUT2D eigenvalue weighted by Gasteiger charge is -2.37. The summed E-state index contributed by atoms with van der Waals surface area (Å²) in [6.45, 7) is 0. The minimum absolute atomic E-state index is 0.0396. The van der Waals surface area contributed by atoms with Gasteiger partial charge in [0.15, 0.2) is 6.17 Å². The maximum atomic E-state index is 13.1. The first kappa shape index (κ1) is 17.8. The molecule has 7 nitrogen and oxygen atoms in total. The number of benzene rings is 2. The minimum atomic E-state index is -0.488. The molecule has 0 radical (unpaired) electrons. The van der Waals surface area contributed by atoms with Crippen LogP contribution in [0.15, 0.2) is 59.0 Å². The standard InChI is InChI=1S/C21H16ClN3O4/c22-12-5-8-15(17(11-12)25(27)28)18-9-10-19(29-18)20-23-16-4-2-1-3-14(16)21(26)24(20)13-6-7-13/h1-5,8-11,13,20,23H,6-7H2/t20-/m0/s1. The quantitative estimate of drug-likeness (QED) is 0.470. The minimum Gasteiger partial charge on any atom is -0.457 e. The van der Waals surface area contributed by atoms with E-state index in [0.29, 0.717) is 22.6 Å². The van der Waals surface area contributed by atoms with Crippen LogP contribution in [0.2, 0.25) is 5.02 Å². The Labute approximate surface area is 171 Å². The number of fused-ring (bicyclic) bond motifs is 1. The van der Waals surface area contributed by atoms with Crippen LogP contribution in [0.4, 0.5) is 11.4 Å². The molecule has 5 rings (SSSR count). The van der Waals surface area contributed by atoms with Crippen molar-refractivity contribution in [3.05, 3.63) is 81.1 Å². The molecule has 146 valence electrons. The van der Waals surface area contributed by atoms with Gasteiger partial charge in [-0.25, -0.2) is 0 Å². The Morgan fingerprint density at radius 1 is 1.10 bits per heavy atom. The van der Waals surface area contributed by atoms with Crippen molar-refractivity contribution in [3.8, 4) is 11.3 Å². The van der Waals surface area contributed by atoms with E-state index in [-0.39, 0.29) is 22.7 Å². The number of amides is 1. The van der Waals surface area contributed by atoms with Crippen LogP contribution < -0.4 is 5.32 Å². The predicted octanol–water partition coefficient (Wildman–Crippen LogP) is 5.24. The molecule has 1 atom stereocenters. The predicted molar refractivity (Wildman–Crippen MR) is 108 cm³/mol. The van der Waals surface area contributed by atoms with Crippen molar-refractivity contribution in [2.75, 3.05) is 5.32 Å². The third kappa shape index (κ3) is 3.03. The summed E-state index contributed by atoms with van der Waals surface area (Å²) >= 11 is 5.91. The monoisotopic (exact) mass is 409 g/mol. The highest BCUT2D eigenvalue weighted by Gasteiger charge is 2.43. The average Bonchev–Trinajstić information content (AvgIpc) is 3.43. The van der Waals surface area contributed by atoms with Crippen LogP contribution in [0.25, 0.3) is 11.3 Å². The summed E-state index contributed by atoms with van der Waals surface area (Å²) in [5, 5.41) is 15.1. The molecule has 1 N–H and O–H groups in total. The number of halogens is 1. The zero-order valence-electron chi connectivity index (χ0n) is 15.2. The lowest BCUT2D eigenvalue weighted by molar-refractivity contribution is -0.384. The van der Waals surface area contributed by atoms with Gasteiger partial charge in [-0.1, -0.05) is 23.7 Å². The molecule has 1 aromatic heterocycles. The normalized spacial score (nSPS) is 18.3. The van der Waals surface area contributed by atoms with Crippen LogP contribution in [0, 0.1) is 10.1 Å². The molecule has 29 heavy (non-hydrogen) atoms. The highest BCUT2D eigenvalue weighted by atomic mass is 35.5. The van der Waals surface area contributed by atoms with Gasteiger partial charge in [0.1, 0.15) is 11.5 Å². The third-order valence-corrected chi connectivity index (χ3v) is 5.46. The van der Waals surface area contributed by atoms with Crippen molar-refractivity contribution in [3.63, 3.8) is 0 Å². The van der Waals surface area contributed by atoms with E-state index in [2.05, 4.69) is 5.32 Å².